The highest BCUT2D eigenvalue weighted by Gasteiger charge is 2.27. The Bertz CT molecular complexity index is 665. The first-order chi connectivity index (χ1) is 9.56. The molecule has 104 valence electrons. The summed E-state index contributed by atoms with van der Waals surface area (Å²) in [7, 11) is 0. The standard InChI is InChI=1S/C15H14FNO3/c1-9(13-4-5-14(20-13)15(18)19)17-7-6-10-2-3-11(16)8-12(10)17/h2-5,8-9H,6-7H2,1H3,(H,18,19). The van der Waals surface area contributed by atoms with Crippen molar-refractivity contribution >= 4 is 11.7 Å². The molecule has 1 unspecified atom stereocenters. The van der Waals surface area contributed by atoms with Crippen LogP contribution >= 0.6 is 0 Å². The highest BCUT2D eigenvalue weighted by molar-refractivity contribution is 5.84. The molecule has 2 aromatic rings. The van der Waals surface area contributed by atoms with Crippen molar-refractivity contribution in [2.75, 3.05) is 11.4 Å². The molecular weight excluding hydrogens is 261 g/mol. The zero-order valence-corrected chi connectivity index (χ0v) is 11.0. The van der Waals surface area contributed by atoms with Crippen LogP contribution in [0, 0.1) is 5.82 Å². The molecule has 0 fully saturated rings. The van der Waals surface area contributed by atoms with E-state index in [2.05, 4.69) is 0 Å². The number of benzene rings is 1. The summed E-state index contributed by atoms with van der Waals surface area (Å²) in [6.45, 7) is 2.69. The maximum absolute atomic E-state index is 13.4. The lowest BCUT2D eigenvalue weighted by atomic mass is 10.1. The van der Waals surface area contributed by atoms with Gasteiger partial charge in [0, 0.05) is 12.2 Å². The minimum absolute atomic E-state index is 0.0782. The van der Waals surface area contributed by atoms with Gasteiger partial charge in [0.05, 0.1) is 6.04 Å². The van der Waals surface area contributed by atoms with E-state index in [-0.39, 0.29) is 17.6 Å². The molecule has 3 rings (SSSR count). The predicted molar refractivity (Wildman–Crippen MR) is 71.5 cm³/mol. The van der Waals surface area contributed by atoms with Crippen LogP contribution in [0.1, 0.15) is 34.8 Å². The van der Waals surface area contributed by atoms with E-state index in [0.29, 0.717) is 5.76 Å². The normalized spacial score (nSPS) is 15.2. The van der Waals surface area contributed by atoms with Gasteiger partial charge in [0.2, 0.25) is 5.76 Å². The zero-order chi connectivity index (χ0) is 14.3. The maximum atomic E-state index is 13.4. The summed E-state index contributed by atoms with van der Waals surface area (Å²) >= 11 is 0. The summed E-state index contributed by atoms with van der Waals surface area (Å²) in [6.07, 6.45) is 0.854. The number of nitrogens with zero attached hydrogens (tertiary/aromatic N) is 1. The fourth-order valence-corrected chi connectivity index (χ4v) is 2.63. The first kappa shape index (κ1) is 12.7. The maximum Gasteiger partial charge on any atom is 0.371 e. The third-order valence-electron chi connectivity index (χ3n) is 3.70. The summed E-state index contributed by atoms with van der Waals surface area (Å²) in [5.74, 6) is -0.866. The molecule has 0 aliphatic carbocycles. The third-order valence-corrected chi connectivity index (χ3v) is 3.70. The number of fused-ring (bicyclic) bond motifs is 1. The molecule has 20 heavy (non-hydrogen) atoms. The van der Waals surface area contributed by atoms with Crippen LogP contribution in [-0.4, -0.2) is 17.6 Å². The Morgan fingerprint density at radius 1 is 1.40 bits per heavy atom. The quantitative estimate of drug-likeness (QED) is 0.934. The summed E-state index contributed by atoms with van der Waals surface area (Å²) < 4.78 is 18.7. The fourth-order valence-electron chi connectivity index (χ4n) is 2.63. The van der Waals surface area contributed by atoms with E-state index in [4.69, 9.17) is 9.52 Å². The largest absolute Gasteiger partial charge is 0.475 e. The van der Waals surface area contributed by atoms with E-state index in [9.17, 15) is 9.18 Å². The number of rotatable bonds is 3. The van der Waals surface area contributed by atoms with Crippen LogP contribution in [0.25, 0.3) is 0 Å². The lowest BCUT2D eigenvalue weighted by Crippen LogP contribution is -2.24. The molecule has 0 amide bonds. The minimum Gasteiger partial charge on any atom is -0.475 e. The monoisotopic (exact) mass is 275 g/mol. The molecule has 1 aromatic carbocycles. The second kappa shape index (κ2) is 4.67. The summed E-state index contributed by atoms with van der Waals surface area (Å²) in [6, 6.07) is 7.73. The molecule has 1 aliphatic heterocycles. The molecule has 0 radical (unpaired) electrons. The van der Waals surface area contributed by atoms with Gasteiger partial charge in [0.25, 0.3) is 0 Å². The Morgan fingerprint density at radius 3 is 2.90 bits per heavy atom. The van der Waals surface area contributed by atoms with Crippen molar-refractivity contribution in [3.8, 4) is 0 Å². The van der Waals surface area contributed by atoms with Gasteiger partial charge in [-0.25, -0.2) is 9.18 Å². The van der Waals surface area contributed by atoms with Crippen molar-refractivity contribution in [1.82, 2.24) is 0 Å². The van der Waals surface area contributed by atoms with E-state index >= 15 is 0 Å². The van der Waals surface area contributed by atoms with Gasteiger partial charge < -0.3 is 14.4 Å². The zero-order valence-electron chi connectivity index (χ0n) is 11.0. The van der Waals surface area contributed by atoms with Gasteiger partial charge in [-0.15, -0.1) is 0 Å². The molecule has 2 heterocycles. The number of carbonyl (C=O) groups is 1. The number of hydrogen-bond donors (Lipinski definition) is 1. The van der Waals surface area contributed by atoms with Crippen LogP contribution in [-0.2, 0) is 6.42 Å². The Hall–Kier alpha value is -2.30. The van der Waals surface area contributed by atoms with Crippen molar-refractivity contribution in [3.05, 3.63) is 53.2 Å². The highest BCUT2D eigenvalue weighted by atomic mass is 19.1. The molecule has 1 aromatic heterocycles. The van der Waals surface area contributed by atoms with Gasteiger partial charge in [-0.1, -0.05) is 6.07 Å². The number of halogens is 1. The van der Waals surface area contributed by atoms with Gasteiger partial charge in [-0.3, -0.25) is 0 Å². The summed E-state index contributed by atoms with van der Waals surface area (Å²) in [5, 5.41) is 8.88. The number of anilines is 1. The summed E-state index contributed by atoms with van der Waals surface area (Å²) in [5.41, 5.74) is 1.95. The third kappa shape index (κ3) is 2.05. The molecular formula is C15H14FNO3. The summed E-state index contributed by atoms with van der Waals surface area (Å²) in [4.78, 5) is 12.9. The molecule has 0 saturated carbocycles. The van der Waals surface area contributed by atoms with Crippen molar-refractivity contribution in [1.29, 1.82) is 0 Å². The van der Waals surface area contributed by atoms with E-state index in [1.165, 1.54) is 18.2 Å². The molecule has 4 nitrogen and oxygen atoms in total. The second-order valence-electron chi connectivity index (χ2n) is 4.90. The van der Waals surface area contributed by atoms with E-state index in [0.717, 1.165) is 24.2 Å². The molecule has 5 heteroatoms. The van der Waals surface area contributed by atoms with Gasteiger partial charge in [0.1, 0.15) is 11.6 Å². The smallest absolute Gasteiger partial charge is 0.371 e. The van der Waals surface area contributed by atoms with Crippen molar-refractivity contribution in [2.24, 2.45) is 0 Å². The van der Waals surface area contributed by atoms with Gasteiger partial charge >= 0.3 is 5.97 Å². The topological polar surface area (TPSA) is 53.7 Å². The molecule has 0 spiro atoms. The number of carboxylic acids is 1. The average molecular weight is 275 g/mol. The van der Waals surface area contributed by atoms with Crippen LogP contribution in [0.5, 0.6) is 0 Å². The molecule has 0 saturated heterocycles. The van der Waals surface area contributed by atoms with Gasteiger partial charge in [-0.2, -0.15) is 0 Å². The highest BCUT2D eigenvalue weighted by Crippen LogP contribution is 2.35. The fraction of sp³-hybridized carbons (Fsp3) is 0.267. The molecule has 0 bridgehead atoms. The van der Waals surface area contributed by atoms with Gasteiger partial charge in [-0.05, 0) is 43.2 Å². The predicted octanol–water partition coefficient (Wildman–Crippen LogP) is 3.24. The Kier molecular flexibility index (Phi) is 2.97. The van der Waals surface area contributed by atoms with E-state index in [1.807, 2.05) is 11.8 Å². The molecule has 1 atom stereocenters. The van der Waals surface area contributed by atoms with Crippen LogP contribution in [0.3, 0.4) is 0 Å². The van der Waals surface area contributed by atoms with Crippen LogP contribution in [0.4, 0.5) is 10.1 Å². The Labute approximate surface area is 115 Å². The van der Waals surface area contributed by atoms with Crippen LogP contribution in [0.2, 0.25) is 0 Å². The molecule has 1 N–H and O–H groups in total. The van der Waals surface area contributed by atoms with E-state index < -0.39 is 5.97 Å². The van der Waals surface area contributed by atoms with Gasteiger partial charge in [0.15, 0.2) is 0 Å². The van der Waals surface area contributed by atoms with E-state index in [1.54, 1.807) is 12.1 Å². The number of carboxylic acid groups (broad SMARTS) is 1. The lowest BCUT2D eigenvalue weighted by molar-refractivity contribution is 0.0660. The second-order valence-corrected chi connectivity index (χ2v) is 4.90. The Balaban J connectivity index is 1.90. The van der Waals surface area contributed by atoms with Crippen molar-refractivity contribution in [3.63, 3.8) is 0 Å². The SMILES string of the molecule is CC(c1ccc(C(=O)O)o1)N1CCc2ccc(F)cc21. The number of hydrogen-bond acceptors (Lipinski definition) is 3. The first-order valence-corrected chi connectivity index (χ1v) is 6.44. The lowest BCUT2D eigenvalue weighted by Gasteiger charge is -2.25. The van der Waals surface area contributed by atoms with Crippen LogP contribution in [0.15, 0.2) is 34.7 Å². The van der Waals surface area contributed by atoms with Crippen molar-refractivity contribution < 1.29 is 18.7 Å². The first-order valence-electron chi connectivity index (χ1n) is 6.44. The minimum atomic E-state index is -1.09. The average Bonchev–Trinajstić information content (AvgIpc) is 3.04. The Morgan fingerprint density at radius 2 is 2.20 bits per heavy atom. The molecule has 1 aliphatic rings. The van der Waals surface area contributed by atoms with Crippen LogP contribution < -0.4 is 4.90 Å². The number of furan rings is 1. The number of aromatic carboxylic acids is 1. The van der Waals surface area contributed by atoms with Crippen molar-refractivity contribution in [2.45, 2.75) is 19.4 Å².